The summed E-state index contributed by atoms with van der Waals surface area (Å²) in [7, 11) is 1.42. The number of nitrogens with zero attached hydrogens (tertiary/aromatic N) is 3. The molecular weight excluding hydrogens is 334 g/mol. The molecule has 0 aromatic heterocycles. The van der Waals surface area contributed by atoms with Crippen LogP contribution < -0.4 is 0 Å². The highest BCUT2D eigenvalue weighted by atomic mass is 16.3. The largest absolute Gasteiger partial charge is 0.506 e. The van der Waals surface area contributed by atoms with Gasteiger partial charge in [0, 0.05) is 19.0 Å². The Morgan fingerprint density at radius 2 is 1.96 bits per heavy atom. The van der Waals surface area contributed by atoms with Crippen molar-refractivity contribution in [2.45, 2.75) is 26.4 Å². The predicted molar refractivity (Wildman–Crippen MR) is 94.4 cm³/mol. The summed E-state index contributed by atoms with van der Waals surface area (Å²) in [6.45, 7) is 3.14. The summed E-state index contributed by atoms with van der Waals surface area (Å²) in [5.41, 5.74) is -0.171. The number of benzene rings is 1. The fraction of sp³-hybridized carbons (Fsp3) is 0.316. The van der Waals surface area contributed by atoms with Crippen LogP contribution in [0, 0.1) is 41.4 Å². The number of hydrogen-bond acceptors (Lipinski definition) is 6. The van der Waals surface area contributed by atoms with Crippen molar-refractivity contribution in [3.05, 3.63) is 34.4 Å². The average Bonchev–Trinajstić information content (AvgIpc) is 2.60. The second-order valence-corrected chi connectivity index (χ2v) is 5.70. The van der Waals surface area contributed by atoms with Crippen molar-refractivity contribution in [1.82, 2.24) is 4.90 Å². The maximum atomic E-state index is 12.4. The summed E-state index contributed by atoms with van der Waals surface area (Å²) < 4.78 is 0. The first-order valence-electron chi connectivity index (χ1n) is 7.69. The minimum Gasteiger partial charge on any atom is -0.506 e. The second kappa shape index (κ2) is 9.13. The van der Waals surface area contributed by atoms with Crippen molar-refractivity contribution in [1.29, 1.82) is 10.5 Å². The van der Waals surface area contributed by atoms with Gasteiger partial charge in [0.15, 0.2) is 5.57 Å². The van der Waals surface area contributed by atoms with E-state index in [2.05, 4.69) is 11.8 Å². The Hall–Kier alpha value is -3.47. The number of likely N-dealkylation sites (N-methyl/N-ethyl adjacent to an activating group) is 1. The monoisotopic (exact) mass is 353 g/mol. The molecule has 7 nitrogen and oxygen atoms in total. The fourth-order valence-corrected chi connectivity index (χ4v) is 2.00. The average molecular weight is 353 g/mol. The standard InChI is InChI=1S/C19H19N3O4/c1-12-8-14(9-15(10-20)17(12)24)18(25)16(11-21)19(26)22(3)7-5-4-6-13(2)23/h8-9,13,23-25H,6-7H2,1-3H3/b18-16-. The molecule has 1 aromatic carbocycles. The van der Waals surface area contributed by atoms with E-state index in [0.717, 1.165) is 4.90 Å². The van der Waals surface area contributed by atoms with Crippen molar-refractivity contribution in [2.75, 3.05) is 13.6 Å². The first-order valence-corrected chi connectivity index (χ1v) is 7.69. The number of amides is 1. The molecule has 0 saturated carbocycles. The van der Waals surface area contributed by atoms with Crippen LogP contribution in [0.3, 0.4) is 0 Å². The van der Waals surface area contributed by atoms with Gasteiger partial charge >= 0.3 is 0 Å². The minimum atomic E-state index is -0.736. The lowest BCUT2D eigenvalue weighted by atomic mass is 10.0. The molecule has 1 rings (SSSR count). The maximum Gasteiger partial charge on any atom is 0.268 e. The molecular formula is C19H19N3O4. The van der Waals surface area contributed by atoms with E-state index >= 15 is 0 Å². The van der Waals surface area contributed by atoms with E-state index in [1.54, 1.807) is 19.1 Å². The molecule has 0 fully saturated rings. The molecule has 1 aromatic rings. The number of hydrogen-bond donors (Lipinski definition) is 3. The zero-order chi connectivity index (χ0) is 19.9. The topological polar surface area (TPSA) is 129 Å². The third kappa shape index (κ3) is 5.01. The summed E-state index contributed by atoms with van der Waals surface area (Å²) in [6, 6.07) is 6.02. The summed E-state index contributed by atoms with van der Waals surface area (Å²) in [4.78, 5) is 13.5. The summed E-state index contributed by atoms with van der Waals surface area (Å²) in [6.07, 6.45) is -0.313. The van der Waals surface area contributed by atoms with Crippen LogP contribution in [0.2, 0.25) is 0 Å². The molecule has 1 atom stereocenters. The molecule has 3 N–H and O–H groups in total. The maximum absolute atomic E-state index is 12.4. The van der Waals surface area contributed by atoms with Crippen molar-refractivity contribution in [3.63, 3.8) is 0 Å². The van der Waals surface area contributed by atoms with Crippen LogP contribution in [0.15, 0.2) is 17.7 Å². The number of aromatic hydroxyl groups is 1. The highest BCUT2D eigenvalue weighted by Crippen LogP contribution is 2.27. The van der Waals surface area contributed by atoms with Gasteiger partial charge in [-0.05, 0) is 31.5 Å². The van der Waals surface area contributed by atoms with Crippen LogP contribution in [0.5, 0.6) is 5.75 Å². The Bertz CT molecular complexity index is 877. The van der Waals surface area contributed by atoms with E-state index < -0.39 is 23.3 Å². The third-order valence-corrected chi connectivity index (χ3v) is 3.44. The zero-order valence-corrected chi connectivity index (χ0v) is 14.7. The van der Waals surface area contributed by atoms with Gasteiger partial charge in [-0.15, -0.1) is 0 Å². The Morgan fingerprint density at radius 3 is 2.50 bits per heavy atom. The number of aryl methyl sites for hydroxylation is 1. The van der Waals surface area contributed by atoms with Gasteiger partial charge in [-0.25, -0.2) is 0 Å². The molecule has 1 unspecified atom stereocenters. The molecule has 7 heteroatoms. The van der Waals surface area contributed by atoms with Crippen molar-refractivity contribution >= 4 is 11.7 Å². The SMILES string of the molecule is Cc1cc(/C(O)=C(\C#N)C(=O)N(C)CC#CCC(C)O)cc(C#N)c1O. The molecule has 0 aliphatic carbocycles. The fourth-order valence-electron chi connectivity index (χ4n) is 2.00. The Labute approximate surface area is 152 Å². The lowest BCUT2D eigenvalue weighted by molar-refractivity contribution is -0.124. The molecule has 26 heavy (non-hydrogen) atoms. The van der Waals surface area contributed by atoms with Gasteiger partial charge in [-0.3, -0.25) is 4.79 Å². The molecule has 0 heterocycles. The van der Waals surface area contributed by atoms with Crippen LogP contribution in [0.4, 0.5) is 0 Å². The number of rotatable bonds is 4. The van der Waals surface area contributed by atoms with E-state index in [1.165, 1.54) is 26.1 Å². The summed E-state index contributed by atoms with van der Waals surface area (Å²) >= 11 is 0. The predicted octanol–water partition coefficient (Wildman–Crippen LogP) is 1.60. The molecule has 0 spiro atoms. The first kappa shape index (κ1) is 20.6. The van der Waals surface area contributed by atoms with Crippen molar-refractivity contribution in [3.8, 4) is 29.7 Å². The van der Waals surface area contributed by atoms with E-state index in [4.69, 9.17) is 10.4 Å². The number of aliphatic hydroxyl groups is 2. The number of nitriles is 2. The van der Waals surface area contributed by atoms with Gasteiger partial charge in [-0.2, -0.15) is 10.5 Å². The summed E-state index contributed by atoms with van der Waals surface area (Å²) in [5, 5.41) is 47.5. The van der Waals surface area contributed by atoms with Gasteiger partial charge in [0.25, 0.3) is 5.91 Å². The highest BCUT2D eigenvalue weighted by molar-refractivity contribution is 6.03. The van der Waals surface area contributed by atoms with Gasteiger partial charge in [0.1, 0.15) is 23.6 Å². The molecule has 0 saturated heterocycles. The number of carbonyl (C=O) groups excluding carboxylic acids is 1. The second-order valence-electron chi connectivity index (χ2n) is 5.70. The minimum absolute atomic E-state index is 0.0159. The normalized spacial score (nSPS) is 11.9. The first-order chi connectivity index (χ1) is 12.2. The van der Waals surface area contributed by atoms with Gasteiger partial charge < -0.3 is 20.2 Å². The highest BCUT2D eigenvalue weighted by Gasteiger charge is 2.21. The number of phenols is 1. The number of aliphatic hydroxyl groups excluding tert-OH is 2. The smallest absolute Gasteiger partial charge is 0.268 e. The van der Waals surface area contributed by atoms with Crippen LogP contribution in [-0.2, 0) is 4.79 Å². The van der Waals surface area contributed by atoms with E-state index in [-0.39, 0.29) is 29.8 Å². The molecule has 0 radical (unpaired) electrons. The van der Waals surface area contributed by atoms with E-state index in [9.17, 15) is 20.3 Å². The Kier molecular flexibility index (Phi) is 7.22. The Balaban J connectivity index is 3.17. The van der Waals surface area contributed by atoms with E-state index in [1.807, 2.05) is 0 Å². The molecule has 0 aliphatic rings. The van der Waals surface area contributed by atoms with Crippen molar-refractivity contribution in [2.24, 2.45) is 0 Å². The van der Waals surface area contributed by atoms with Crippen LogP contribution in [-0.4, -0.2) is 45.8 Å². The number of carbonyl (C=O) groups is 1. The third-order valence-electron chi connectivity index (χ3n) is 3.44. The lowest BCUT2D eigenvalue weighted by Gasteiger charge is -2.14. The number of phenolic OH excluding ortho intramolecular Hbond substituents is 1. The lowest BCUT2D eigenvalue weighted by Crippen LogP contribution is -2.28. The van der Waals surface area contributed by atoms with Gasteiger partial charge in [0.05, 0.1) is 18.2 Å². The summed E-state index contributed by atoms with van der Waals surface area (Å²) in [5.74, 6) is 3.85. The van der Waals surface area contributed by atoms with E-state index in [0.29, 0.717) is 5.56 Å². The van der Waals surface area contributed by atoms with Crippen molar-refractivity contribution < 1.29 is 20.1 Å². The van der Waals surface area contributed by atoms with Crippen LogP contribution in [0.25, 0.3) is 5.76 Å². The quantitative estimate of drug-likeness (QED) is 0.326. The Morgan fingerprint density at radius 1 is 1.31 bits per heavy atom. The van der Waals surface area contributed by atoms with Gasteiger partial charge in [0.2, 0.25) is 0 Å². The molecule has 0 bridgehead atoms. The molecule has 1 amide bonds. The molecule has 134 valence electrons. The van der Waals surface area contributed by atoms with Crippen LogP contribution in [0.1, 0.15) is 30.0 Å². The van der Waals surface area contributed by atoms with Crippen LogP contribution >= 0.6 is 0 Å². The molecule has 0 aliphatic heterocycles. The van der Waals surface area contributed by atoms with Gasteiger partial charge in [-0.1, -0.05) is 11.8 Å². The zero-order valence-electron chi connectivity index (χ0n) is 14.7.